The highest BCUT2D eigenvalue weighted by Crippen LogP contribution is 2.37. The number of ketones is 1. The molecule has 2 rings (SSSR count). The van der Waals surface area contributed by atoms with Crippen molar-refractivity contribution in [1.29, 1.82) is 0 Å². The number of rotatable bonds is 15. The molecule has 0 amide bonds. The van der Waals surface area contributed by atoms with Crippen molar-refractivity contribution < 1.29 is 28.5 Å². The number of thioether (sulfide) groups is 1. The van der Waals surface area contributed by atoms with Gasteiger partial charge >= 0.3 is 5.97 Å². The molecule has 2 aromatic rings. The van der Waals surface area contributed by atoms with Gasteiger partial charge in [0.15, 0.2) is 17.3 Å². The zero-order valence-electron chi connectivity index (χ0n) is 20.1. The van der Waals surface area contributed by atoms with Crippen molar-refractivity contribution in [1.82, 2.24) is 0 Å². The Morgan fingerprint density at radius 1 is 1.09 bits per heavy atom. The fraction of sp³-hybridized carbons (Fsp3) is 0.520. The van der Waals surface area contributed by atoms with Crippen LogP contribution in [0, 0.1) is 0 Å². The van der Waals surface area contributed by atoms with Gasteiger partial charge in [-0.05, 0) is 47.6 Å². The Hall–Kier alpha value is -2.03. The Morgan fingerprint density at radius 2 is 1.88 bits per heavy atom. The number of esters is 1. The zero-order chi connectivity index (χ0) is 24.2. The van der Waals surface area contributed by atoms with Crippen molar-refractivity contribution in [2.24, 2.45) is 0 Å². The molecule has 0 saturated carbocycles. The van der Waals surface area contributed by atoms with Crippen molar-refractivity contribution >= 4 is 44.9 Å². The van der Waals surface area contributed by atoms with E-state index in [1.54, 1.807) is 7.11 Å². The van der Waals surface area contributed by atoms with E-state index in [0.29, 0.717) is 29.6 Å². The summed E-state index contributed by atoms with van der Waals surface area (Å²) in [4.78, 5) is 25.7. The minimum atomic E-state index is -0.387. The van der Waals surface area contributed by atoms with Crippen molar-refractivity contribution in [3.8, 4) is 11.5 Å². The van der Waals surface area contributed by atoms with Gasteiger partial charge in [0.2, 0.25) is 0 Å². The number of allylic oxidation sites excluding steroid dienone is 1. The zero-order valence-corrected chi connectivity index (χ0v) is 21.7. The van der Waals surface area contributed by atoms with Gasteiger partial charge in [0.05, 0.1) is 44.8 Å². The summed E-state index contributed by atoms with van der Waals surface area (Å²) in [5.74, 6) is 1.87. The first-order chi connectivity index (χ1) is 15.9. The Morgan fingerprint density at radius 3 is 2.55 bits per heavy atom. The van der Waals surface area contributed by atoms with Gasteiger partial charge in [-0.1, -0.05) is 13.8 Å². The molecule has 8 heteroatoms. The Kier molecular flexibility index (Phi) is 11.8. The fourth-order valence-corrected chi connectivity index (χ4v) is 5.07. The first-order valence-corrected chi connectivity index (χ1v) is 13.0. The maximum atomic E-state index is 12.4. The molecule has 33 heavy (non-hydrogen) atoms. The molecule has 182 valence electrons. The number of ether oxygens (including phenoxy) is 4. The number of fused-ring (bicyclic) bond motifs is 1. The van der Waals surface area contributed by atoms with Crippen LogP contribution in [0.15, 0.2) is 29.2 Å². The first kappa shape index (κ1) is 27.2. The molecule has 1 heterocycles. The molecule has 0 fully saturated rings. The van der Waals surface area contributed by atoms with E-state index < -0.39 is 0 Å². The van der Waals surface area contributed by atoms with Gasteiger partial charge in [0.25, 0.3) is 0 Å². The van der Waals surface area contributed by atoms with Gasteiger partial charge in [0.1, 0.15) is 0 Å². The minimum absolute atomic E-state index is 0.0751. The molecule has 1 aromatic heterocycles. The number of benzene rings is 1. The van der Waals surface area contributed by atoms with Gasteiger partial charge in [0, 0.05) is 23.6 Å². The highest BCUT2D eigenvalue weighted by atomic mass is 32.2. The molecule has 0 aliphatic rings. The summed E-state index contributed by atoms with van der Waals surface area (Å²) >= 11 is 3.25. The van der Waals surface area contributed by atoms with Crippen molar-refractivity contribution in [2.45, 2.75) is 52.6 Å². The van der Waals surface area contributed by atoms with E-state index in [1.165, 1.54) is 23.4 Å². The molecule has 0 radical (unpaired) electrons. The Labute approximate surface area is 204 Å². The standard InChI is InChI=1S/C25H34O6S2/c1-6-19(32-7-2)13-17(3)30-11-8-12-31-22-16-23-18(14-21(22)28-4)15-24(33-23)20(26)9-10-25(27)29-5/h13-17H,6-12H2,1-5H3/b19-13+. The van der Waals surface area contributed by atoms with Gasteiger partial charge in [-0.25, -0.2) is 0 Å². The Bertz CT molecular complexity index is 950. The normalized spacial score (nSPS) is 12.6. The third-order valence-corrected chi connectivity index (χ3v) is 7.11. The number of hydrogen-bond donors (Lipinski definition) is 0. The third kappa shape index (κ3) is 8.68. The number of carbonyl (C=O) groups is 2. The van der Waals surface area contributed by atoms with Crippen molar-refractivity contribution in [3.05, 3.63) is 34.1 Å². The van der Waals surface area contributed by atoms with E-state index in [9.17, 15) is 9.59 Å². The van der Waals surface area contributed by atoms with Crippen LogP contribution in [0.2, 0.25) is 0 Å². The topological polar surface area (TPSA) is 71.1 Å². The van der Waals surface area contributed by atoms with Gasteiger partial charge in [-0.15, -0.1) is 23.1 Å². The number of thiophene rings is 1. The first-order valence-electron chi connectivity index (χ1n) is 11.2. The minimum Gasteiger partial charge on any atom is -0.493 e. The molecule has 1 atom stereocenters. The van der Waals surface area contributed by atoms with E-state index in [2.05, 4.69) is 31.6 Å². The molecular weight excluding hydrogens is 460 g/mol. The van der Waals surface area contributed by atoms with Crippen LogP contribution in [-0.4, -0.2) is 51.0 Å². The predicted octanol–water partition coefficient (Wildman–Crippen LogP) is 6.27. The van der Waals surface area contributed by atoms with Crippen LogP contribution in [0.25, 0.3) is 10.1 Å². The number of Topliss-reactive ketones (excluding diaryl/α,β-unsaturated/α-hetero) is 1. The lowest BCUT2D eigenvalue weighted by Gasteiger charge is -2.13. The molecule has 1 unspecified atom stereocenters. The quantitative estimate of drug-likeness (QED) is 0.164. The lowest BCUT2D eigenvalue weighted by Crippen LogP contribution is -2.10. The second-order valence-corrected chi connectivity index (χ2v) is 9.82. The SMILES string of the molecule is CCS/C(=C/C(C)OCCCOc1cc2sc(C(=O)CCC(=O)OC)cc2cc1OC)CC. The fourth-order valence-electron chi connectivity index (χ4n) is 3.17. The molecule has 0 aliphatic heterocycles. The molecule has 0 spiro atoms. The van der Waals surface area contributed by atoms with E-state index in [0.717, 1.165) is 28.7 Å². The average Bonchev–Trinajstić information content (AvgIpc) is 3.24. The molecule has 6 nitrogen and oxygen atoms in total. The molecule has 0 aliphatic carbocycles. The molecular formula is C25H34O6S2. The maximum Gasteiger partial charge on any atom is 0.305 e. The summed E-state index contributed by atoms with van der Waals surface area (Å²) in [5.41, 5.74) is 0. The van der Waals surface area contributed by atoms with E-state index in [1.807, 2.05) is 30.0 Å². The molecule has 0 bridgehead atoms. The largest absolute Gasteiger partial charge is 0.493 e. The third-order valence-electron chi connectivity index (χ3n) is 4.89. The summed E-state index contributed by atoms with van der Waals surface area (Å²) in [6, 6.07) is 5.60. The molecule has 1 aromatic carbocycles. The summed E-state index contributed by atoms with van der Waals surface area (Å²) in [7, 11) is 2.92. The summed E-state index contributed by atoms with van der Waals surface area (Å²) in [6.07, 6.45) is 4.25. The second-order valence-electron chi connectivity index (χ2n) is 7.35. The van der Waals surface area contributed by atoms with Crippen LogP contribution in [0.5, 0.6) is 11.5 Å². The predicted molar refractivity (Wildman–Crippen MR) is 136 cm³/mol. The summed E-state index contributed by atoms with van der Waals surface area (Å²) < 4.78 is 22.9. The lowest BCUT2D eigenvalue weighted by molar-refractivity contribution is -0.140. The van der Waals surface area contributed by atoms with Crippen LogP contribution in [-0.2, 0) is 14.3 Å². The van der Waals surface area contributed by atoms with Gasteiger partial charge in [-0.2, -0.15) is 0 Å². The van der Waals surface area contributed by atoms with Crippen molar-refractivity contribution in [3.63, 3.8) is 0 Å². The molecule has 0 saturated heterocycles. The van der Waals surface area contributed by atoms with Crippen molar-refractivity contribution in [2.75, 3.05) is 33.2 Å². The average molecular weight is 495 g/mol. The van der Waals surface area contributed by atoms with Crippen LogP contribution in [0.4, 0.5) is 0 Å². The summed E-state index contributed by atoms with van der Waals surface area (Å²) in [5, 5.41) is 0.909. The highest BCUT2D eigenvalue weighted by molar-refractivity contribution is 8.03. The number of methoxy groups -OCH3 is 2. The smallest absolute Gasteiger partial charge is 0.305 e. The maximum absolute atomic E-state index is 12.4. The van der Waals surface area contributed by atoms with Gasteiger partial charge in [-0.3, -0.25) is 9.59 Å². The second kappa shape index (κ2) is 14.3. The summed E-state index contributed by atoms with van der Waals surface area (Å²) in [6.45, 7) is 7.48. The number of hydrogen-bond acceptors (Lipinski definition) is 8. The van der Waals surface area contributed by atoms with Crippen LogP contribution < -0.4 is 9.47 Å². The van der Waals surface area contributed by atoms with Crippen LogP contribution in [0.3, 0.4) is 0 Å². The van der Waals surface area contributed by atoms with E-state index in [4.69, 9.17) is 14.2 Å². The molecule has 0 N–H and O–H groups in total. The van der Waals surface area contributed by atoms with Gasteiger partial charge < -0.3 is 18.9 Å². The van der Waals surface area contributed by atoms with E-state index in [-0.39, 0.29) is 30.7 Å². The number of carbonyl (C=O) groups excluding carboxylic acids is 2. The van der Waals surface area contributed by atoms with E-state index >= 15 is 0 Å². The van der Waals surface area contributed by atoms with Crippen LogP contribution >= 0.6 is 23.1 Å². The highest BCUT2D eigenvalue weighted by Gasteiger charge is 2.15. The van der Waals surface area contributed by atoms with Crippen LogP contribution in [0.1, 0.15) is 56.1 Å². The monoisotopic (exact) mass is 494 g/mol. The Balaban J connectivity index is 1.93. The lowest BCUT2D eigenvalue weighted by atomic mass is 10.1.